The highest BCUT2D eigenvalue weighted by molar-refractivity contribution is 5.00. The van der Waals surface area contributed by atoms with E-state index in [0.29, 0.717) is 0 Å². The molecule has 0 heterocycles. The molecule has 3 fully saturated rings. The minimum atomic E-state index is 0.932. The Morgan fingerprint density at radius 2 is 1.91 bits per heavy atom. The molecule has 1 heteroatoms. The van der Waals surface area contributed by atoms with Gasteiger partial charge in [0.25, 0.3) is 0 Å². The summed E-state index contributed by atoms with van der Waals surface area (Å²) in [6.45, 7) is 0. The molecule has 0 saturated heterocycles. The molecule has 0 amide bonds. The van der Waals surface area contributed by atoms with Crippen LogP contribution >= 0.6 is 0 Å². The number of hydrogen-bond acceptors (Lipinski definition) is 1. The molecule has 0 bridgehead atoms. The molecule has 0 radical (unpaired) electrons. The third kappa shape index (κ3) is 1.01. The van der Waals surface area contributed by atoms with Crippen LogP contribution in [0.3, 0.4) is 0 Å². The van der Waals surface area contributed by atoms with Crippen LogP contribution in [-0.2, 0) is 0 Å². The quantitative estimate of drug-likeness (QED) is 0.636. The average Bonchev–Trinajstić information content (AvgIpc) is 2.71. The number of nitrogens with one attached hydrogen (secondary N) is 1. The minimum absolute atomic E-state index is 0.932. The van der Waals surface area contributed by atoms with Gasteiger partial charge in [0.05, 0.1) is 0 Å². The van der Waals surface area contributed by atoms with Gasteiger partial charge in [0.2, 0.25) is 0 Å². The standard InChI is InChI=1S/C10H17N/c1-2-7-6-10(9(7)3-1)11-8-4-5-8/h7-11H,1-6H2/t7-,9-,10?/m0/s1. The summed E-state index contributed by atoms with van der Waals surface area (Å²) in [4.78, 5) is 0. The summed E-state index contributed by atoms with van der Waals surface area (Å²) in [5, 5.41) is 3.76. The Morgan fingerprint density at radius 1 is 1.00 bits per heavy atom. The maximum atomic E-state index is 3.76. The fourth-order valence-corrected chi connectivity index (χ4v) is 2.94. The van der Waals surface area contributed by atoms with Gasteiger partial charge < -0.3 is 5.32 Å². The summed E-state index contributed by atoms with van der Waals surface area (Å²) < 4.78 is 0. The van der Waals surface area contributed by atoms with Gasteiger partial charge in [0, 0.05) is 12.1 Å². The zero-order valence-corrected chi connectivity index (χ0v) is 7.05. The summed E-state index contributed by atoms with van der Waals surface area (Å²) in [6.07, 6.45) is 8.98. The first-order valence-corrected chi connectivity index (χ1v) is 5.19. The van der Waals surface area contributed by atoms with E-state index in [-0.39, 0.29) is 0 Å². The fraction of sp³-hybridized carbons (Fsp3) is 1.00. The van der Waals surface area contributed by atoms with E-state index in [1.165, 1.54) is 38.5 Å². The van der Waals surface area contributed by atoms with Crippen LogP contribution in [0.5, 0.6) is 0 Å². The monoisotopic (exact) mass is 151 g/mol. The van der Waals surface area contributed by atoms with Crippen LogP contribution in [0.2, 0.25) is 0 Å². The van der Waals surface area contributed by atoms with Gasteiger partial charge in [-0.2, -0.15) is 0 Å². The van der Waals surface area contributed by atoms with Crippen LogP contribution in [0.4, 0.5) is 0 Å². The SMILES string of the molecule is C1C[C@H]2CC(NC3CC3)[C@H]2C1. The third-order valence-corrected chi connectivity index (χ3v) is 3.82. The van der Waals surface area contributed by atoms with Crippen LogP contribution in [0.25, 0.3) is 0 Å². The molecule has 3 atom stereocenters. The molecular formula is C10H17N. The van der Waals surface area contributed by atoms with Gasteiger partial charge in [-0.15, -0.1) is 0 Å². The van der Waals surface area contributed by atoms with Crippen molar-refractivity contribution >= 4 is 0 Å². The molecular weight excluding hydrogens is 134 g/mol. The first-order valence-electron chi connectivity index (χ1n) is 5.19. The van der Waals surface area contributed by atoms with Crippen molar-refractivity contribution in [2.75, 3.05) is 0 Å². The first kappa shape index (κ1) is 6.47. The van der Waals surface area contributed by atoms with Crippen LogP contribution < -0.4 is 5.32 Å². The summed E-state index contributed by atoms with van der Waals surface area (Å²) in [5.41, 5.74) is 0. The highest BCUT2D eigenvalue weighted by Crippen LogP contribution is 2.47. The first-order chi connectivity index (χ1) is 5.43. The Morgan fingerprint density at radius 3 is 2.64 bits per heavy atom. The topological polar surface area (TPSA) is 12.0 Å². The third-order valence-electron chi connectivity index (χ3n) is 3.82. The minimum Gasteiger partial charge on any atom is -0.311 e. The van der Waals surface area contributed by atoms with Crippen molar-refractivity contribution in [1.29, 1.82) is 0 Å². The predicted molar refractivity (Wildman–Crippen MR) is 45.4 cm³/mol. The van der Waals surface area contributed by atoms with E-state index in [0.717, 1.165) is 23.9 Å². The summed E-state index contributed by atoms with van der Waals surface area (Å²) in [7, 11) is 0. The molecule has 0 spiro atoms. The number of rotatable bonds is 2. The highest BCUT2D eigenvalue weighted by atomic mass is 15.0. The lowest BCUT2D eigenvalue weighted by molar-refractivity contribution is 0.136. The maximum Gasteiger partial charge on any atom is 0.0103 e. The second kappa shape index (κ2) is 2.22. The normalized spacial score (nSPS) is 48.5. The Bertz CT molecular complexity index is 162. The molecule has 3 saturated carbocycles. The van der Waals surface area contributed by atoms with Gasteiger partial charge in [-0.1, -0.05) is 12.8 Å². The zero-order chi connectivity index (χ0) is 7.26. The van der Waals surface area contributed by atoms with E-state index in [1.807, 2.05) is 0 Å². The molecule has 3 aliphatic rings. The van der Waals surface area contributed by atoms with Crippen molar-refractivity contribution in [2.45, 2.75) is 50.6 Å². The average molecular weight is 151 g/mol. The van der Waals surface area contributed by atoms with E-state index >= 15 is 0 Å². The van der Waals surface area contributed by atoms with Crippen molar-refractivity contribution in [3.8, 4) is 0 Å². The summed E-state index contributed by atoms with van der Waals surface area (Å²) in [6, 6.07) is 1.87. The van der Waals surface area contributed by atoms with Gasteiger partial charge in [-0.25, -0.2) is 0 Å². The Hall–Kier alpha value is -0.0400. The highest BCUT2D eigenvalue weighted by Gasteiger charge is 2.44. The van der Waals surface area contributed by atoms with Gasteiger partial charge in [-0.3, -0.25) is 0 Å². The molecule has 3 aliphatic carbocycles. The van der Waals surface area contributed by atoms with Crippen molar-refractivity contribution in [2.24, 2.45) is 11.8 Å². The van der Waals surface area contributed by atoms with Crippen LogP contribution in [0.1, 0.15) is 38.5 Å². The predicted octanol–water partition coefficient (Wildman–Crippen LogP) is 1.93. The fourth-order valence-electron chi connectivity index (χ4n) is 2.94. The molecule has 1 N–H and O–H groups in total. The maximum absolute atomic E-state index is 3.76. The van der Waals surface area contributed by atoms with E-state index in [1.54, 1.807) is 0 Å². The second-order valence-electron chi connectivity index (χ2n) is 4.64. The van der Waals surface area contributed by atoms with Crippen LogP contribution in [0.15, 0.2) is 0 Å². The lowest BCUT2D eigenvalue weighted by Crippen LogP contribution is -2.48. The van der Waals surface area contributed by atoms with Gasteiger partial charge in [0.15, 0.2) is 0 Å². The summed E-state index contributed by atoms with van der Waals surface area (Å²) >= 11 is 0. The molecule has 0 aromatic rings. The van der Waals surface area contributed by atoms with Crippen molar-refractivity contribution < 1.29 is 0 Å². The second-order valence-corrected chi connectivity index (χ2v) is 4.64. The number of fused-ring (bicyclic) bond motifs is 1. The molecule has 3 rings (SSSR count). The molecule has 11 heavy (non-hydrogen) atoms. The van der Waals surface area contributed by atoms with E-state index in [2.05, 4.69) is 5.32 Å². The van der Waals surface area contributed by atoms with Crippen molar-refractivity contribution in [3.05, 3.63) is 0 Å². The van der Waals surface area contributed by atoms with Crippen LogP contribution in [0, 0.1) is 11.8 Å². The molecule has 0 aromatic heterocycles. The summed E-state index contributed by atoms with van der Waals surface area (Å²) in [5.74, 6) is 2.22. The smallest absolute Gasteiger partial charge is 0.0103 e. The Kier molecular flexibility index (Phi) is 1.31. The molecule has 0 aromatic carbocycles. The zero-order valence-electron chi connectivity index (χ0n) is 7.05. The van der Waals surface area contributed by atoms with E-state index < -0.39 is 0 Å². The molecule has 0 aliphatic heterocycles. The van der Waals surface area contributed by atoms with E-state index in [9.17, 15) is 0 Å². The largest absolute Gasteiger partial charge is 0.311 e. The van der Waals surface area contributed by atoms with Crippen molar-refractivity contribution in [3.63, 3.8) is 0 Å². The van der Waals surface area contributed by atoms with Gasteiger partial charge >= 0.3 is 0 Å². The Labute approximate surface area is 68.6 Å². The van der Waals surface area contributed by atoms with E-state index in [4.69, 9.17) is 0 Å². The van der Waals surface area contributed by atoms with Gasteiger partial charge in [0.1, 0.15) is 0 Å². The molecule has 62 valence electrons. The number of hydrogen-bond donors (Lipinski definition) is 1. The molecule has 1 nitrogen and oxygen atoms in total. The Balaban J connectivity index is 1.56. The van der Waals surface area contributed by atoms with Crippen LogP contribution in [-0.4, -0.2) is 12.1 Å². The lowest BCUT2D eigenvalue weighted by Gasteiger charge is -2.41. The molecule has 1 unspecified atom stereocenters. The van der Waals surface area contributed by atoms with Crippen molar-refractivity contribution in [1.82, 2.24) is 5.32 Å². The lowest BCUT2D eigenvalue weighted by atomic mass is 9.71. The van der Waals surface area contributed by atoms with Gasteiger partial charge in [-0.05, 0) is 37.5 Å².